The Hall–Kier alpha value is -5.64. The molecule has 0 N–H and O–H groups in total. The number of fused-ring (bicyclic) bond motifs is 10. The second-order valence-corrected chi connectivity index (χ2v) is 12.8. The Morgan fingerprint density at radius 3 is 2.02 bits per heavy atom. The average Bonchev–Trinajstić information content (AvgIpc) is 3.77. The summed E-state index contributed by atoms with van der Waals surface area (Å²) < 4.78 is 11.7. The van der Waals surface area contributed by atoms with Gasteiger partial charge in [-0.15, -0.1) is 11.3 Å². The molecule has 10 aromatic rings. The van der Waals surface area contributed by atoms with Crippen molar-refractivity contribution >= 4 is 75.3 Å². The molecule has 0 aliphatic carbocycles. The fourth-order valence-corrected chi connectivity index (χ4v) is 8.34. The van der Waals surface area contributed by atoms with E-state index in [4.69, 9.17) is 4.42 Å². The summed E-state index contributed by atoms with van der Waals surface area (Å²) in [5.41, 5.74) is 10.0. The van der Waals surface area contributed by atoms with E-state index in [1.54, 1.807) is 0 Å². The van der Waals surface area contributed by atoms with Crippen LogP contribution in [0.2, 0.25) is 0 Å². The topological polar surface area (TPSA) is 18.1 Å². The van der Waals surface area contributed by atoms with Gasteiger partial charge in [-0.2, -0.15) is 0 Å². The lowest BCUT2D eigenvalue weighted by Crippen LogP contribution is -1.92. The highest BCUT2D eigenvalue weighted by molar-refractivity contribution is 7.26. The molecular weight excluding hydrogens is 567 g/mol. The van der Waals surface area contributed by atoms with Gasteiger partial charge in [0.2, 0.25) is 0 Å². The number of benzene rings is 7. The predicted molar refractivity (Wildman–Crippen MR) is 192 cm³/mol. The van der Waals surface area contributed by atoms with Crippen molar-refractivity contribution < 1.29 is 4.42 Å². The maximum Gasteiger partial charge on any atom is 0.161 e. The van der Waals surface area contributed by atoms with Crippen LogP contribution in [-0.4, -0.2) is 4.57 Å². The van der Waals surface area contributed by atoms with E-state index in [1.807, 2.05) is 11.3 Å². The maximum atomic E-state index is 6.68. The zero-order valence-corrected chi connectivity index (χ0v) is 25.0. The molecule has 0 spiro atoms. The second-order valence-electron chi connectivity index (χ2n) is 11.7. The Kier molecular flexibility index (Phi) is 5.19. The van der Waals surface area contributed by atoms with Crippen LogP contribution in [-0.2, 0) is 0 Å². The van der Waals surface area contributed by atoms with Crippen LogP contribution < -0.4 is 0 Å². The summed E-state index contributed by atoms with van der Waals surface area (Å²) in [7, 11) is 0. The van der Waals surface area contributed by atoms with Crippen molar-refractivity contribution in [3.8, 4) is 27.9 Å². The zero-order valence-electron chi connectivity index (χ0n) is 24.2. The molecule has 3 aromatic heterocycles. The molecule has 3 heteroatoms. The lowest BCUT2D eigenvalue weighted by Gasteiger charge is -2.11. The number of hydrogen-bond acceptors (Lipinski definition) is 2. The first kappa shape index (κ1) is 24.8. The third kappa shape index (κ3) is 3.62. The van der Waals surface area contributed by atoms with Crippen LogP contribution in [0.25, 0.3) is 91.9 Å². The first-order valence-electron chi connectivity index (χ1n) is 15.3. The third-order valence-electron chi connectivity index (χ3n) is 9.20. The number of para-hydroxylation sites is 2. The van der Waals surface area contributed by atoms with E-state index >= 15 is 0 Å². The molecule has 3 heterocycles. The van der Waals surface area contributed by atoms with Crippen LogP contribution in [0.4, 0.5) is 0 Å². The number of aromatic nitrogens is 1. The van der Waals surface area contributed by atoms with Crippen LogP contribution in [0.3, 0.4) is 0 Å². The summed E-state index contributed by atoms with van der Waals surface area (Å²) in [6, 6.07) is 54.6. The van der Waals surface area contributed by atoms with Crippen molar-refractivity contribution in [2.45, 2.75) is 0 Å². The summed E-state index contributed by atoms with van der Waals surface area (Å²) in [5, 5.41) is 7.53. The molecule has 0 saturated carbocycles. The minimum absolute atomic E-state index is 0.898. The normalized spacial score (nSPS) is 12.0. The van der Waals surface area contributed by atoms with Crippen LogP contribution >= 0.6 is 11.3 Å². The summed E-state index contributed by atoms with van der Waals surface area (Å²) in [6.45, 7) is 0. The van der Waals surface area contributed by atoms with Gasteiger partial charge in [0.25, 0.3) is 0 Å². The number of nitrogens with zero attached hydrogens (tertiary/aromatic N) is 1. The molecule has 0 unspecified atom stereocenters. The average molecular weight is 592 g/mol. The number of furan rings is 1. The first-order valence-corrected chi connectivity index (χ1v) is 16.1. The van der Waals surface area contributed by atoms with Gasteiger partial charge in [0.1, 0.15) is 11.1 Å². The molecule has 7 aromatic carbocycles. The molecule has 0 bridgehead atoms. The number of rotatable bonds is 3. The molecule has 0 aliphatic heterocycles. The van der Waals surface area contributed by atoms with E-state index in [2.05, 4.69) is 156 Å². The Morgan fingerprint density at radius 2 is 1.18 bits per heavy atom. The number of hydrogen-bond donors (Lipinski definition) is 0. The Balaban J connectivity index is 1.15. The van der Waals surface area contributed by atoms with E-state index < -0.39 is 0 Å². The fraction of sp³-hybridized carbons (Fsp3) is 0. The molecule has 0 fully saturated rings. The quantitative estimate of drug-likeness (QED) is 0.200. The van der Waals surface area contributed by atoms with Crippen LogP contribution in [0.15, 0.2) is 156 Å². The first-order chi connectivity index (χ1) is 22.3. The van der Waals surface area contributed by atoms with E-state index in [-0.39, 0.29) is 0 Å². The summed E-state index contributed by atoms with van der Waals surface area (Å²) >= 11 is 1.88. The van der Waals surface area contributed by atoms with E-state index in [9.17, 15) is 0 Å². The highest BCUT2D eigenvalue weighted by Gasteiger charge is 2.20. The molecule has 0 saturated heterocycles. The molecule has 0 radical (unpaired) electrons. The molecule has 0 aliphatic rings. The van der Waals surface area contributed by atoms with Gasteiger partial charge in [-0.3, -0.25) is 0 Å². The Labute approximate surface area is 263 Å². The van der Waals surface area contributed by atoms with Gasteiger partial charge in [-0.05, 0) is 81.6 Å². The highest BCUT2D eigenvalue weighted by atomic mass is 32.1. The summed E-state index contributed by atoms with van der Waals surface area (Å²) in [6.07, 6.45) is 0. The van der Waals surface area contributed by atoms with E-state index in [1.165, 1.54) is 47.6 Å². The Bertz CT molecular complexity index is 2760. The predicted octanol–water partition coefficient (Wildman–Crippen LogP) is 12.4. The van der Waals surface area contributed by atoms with Crippen molar-refractivity contribution in [1.29, 1.82) is 0 Å². The van der Waals surface area contributed by atoms with E-state index in [0.29, 0.717) is 0 Å². The van der Waals surface area contributed by atoms with Crippen molar-refractivity contribution in [1.82, 2.24) is 4.57 Å². The monoisotopic (exact) mass is 591 g/mol. The SMILES string of the molecule is c1ccc(-n2c3ccccc3c3oc4cc(-c5ccccc5-c5ccc6c(c5)sc5ccc7ccccc7c56)ccc4c32)cc1. The van der Waals surface area contributed by atoms with Gasteiger partial charge in [-0.1, -0.05) is 103 Å². The van der Waals surface area contributed by atoms with Gasteiger partial charge < -0.3 is 8.98 Å². The smallest absolute Gasteiger partial charge is 0.161 e. The van der Waals surface area contributed by atoms with Crippen LogP contribution in [0, 0.1) is 0 Å². The molecular formula is C42H25NOS. The standard InChI is InChI=1S/C42H25NOS/c1-2-11-29(12-3-1)43-36-17-9-8-16-33(36)42-41(43)34-21-18-27(24-37(34)44-42)30-13-6-7-14-31(30)28-19-22-35-39(25-28)45-38-23-20-26-10-4-5-15-32(26)40(35)38/h1-25H. The van der Waals surface area contributed by atoms with Gasteiger partial charge in [0.05, 0.1) is 5.52 Å². The number of thiophene rings is 1. The summed E-state index contributed by atoms with van der Waals surface area (Å²) in [5.74, 6) is 0. The zero-order chi connectivity index (χ0) is 29.5. The van der Waals surface area contributed by atoms with Crippen molar-refractivity contribution in [2.75, 3.05) is 0 Å². The van der Waals surface area contributed by atoms with Crippen LogP contribution in [0.5, 0.6) is 0 Å². The maximum absolute atomic E-state index is 6.68. The molecule has 210 valence electrons. The van der Waals surface area contributed by atoms with Gasteiger partial charge in [0.15, 0.2) is 5.58 Å². The summed E-state index contributed by atoms with van der Waals surface area (Å²) in [4.78, 5) is 0. The lowest BCUT2D eigenvalue weighted by atomic mass is 9.93. The molecule has 0 amide bonds. The van der Waals surface area contributed by atoms with E-state index in [0.717, 1.165) is 44.2 Å². The minimum atomic E-state index is 0.898. The molecule has 0 atom stereocenters. The largest absolute Gasteiger partial charge is 0.454 e. The van der Waals surface area contributed by atoms with Crippen molar-refractivity contribution in [2.24, 2.45) is 0 Å². The van der Waals surface area contributed by atoms with Gasteiger partial charge in [-0.25, -0.2) is 0 Å². The van der Waals surface area contributed by atoms with Crippen LogP contribution in [0.1, 0.15) is 0 Å². The second kappa shape index (κ2) is 9.43. The minimum Gasteiger partial charge on any atom is -0.454 e. The Morgan fingerprint density at radius 1 is 0.489 bits per heavy atom. The molecule has 2 nitrogen and oxygen atoms in total. The third-order valence-corrected chi connectivity index (χ3v) is 10.3. The van der Waals surface area contributed by atoms with Crippen molar-refractivity contribution in [3.63, 3.8) is 0 Å². The highest BCUT2D eigenvalue weighted by Crippen LogP contribution is 2.43. The molecule has 45 heavy (non-hydrogen) atoms. The van der Waals surface area contributed by atoms with Gasteiger partial charge in [0, 0.05) is 36.6 Å². The van der Waals surface area contributed by atoms with Crippen molar-refractivity contribution in [3.05, 3.63) is 152 Å². The van der Waals surface area contributed by atoms with Gasteiger partial charge >= 0.3 is 0 Å². The lowest BCUT2D eigenvalue weighted by molar-refractivity contribution is 0.673. The molecule has 10 rings (SSSR count). The fourth-order valence-electron chi connectivity index (χ4n) is 7.18.